The Balaban J connectivity index is 0.000000636. The zero-order chi connectivity index (χ0) is 24.8. The molecule has 0 bridgehead atoms. The van der Waals surface area contributed by atoms with Gasteiger partial charge in [-0.15, -0.1) is 93.9 Å². The van der Waals surface area contributed by atoms with E-state index in [4.69, 9.17) is 0 Å². The van der Waals surface area contributed by atoms with Crippen molar-refractivity contribution in [2.24, 2.45) is 0 Å². The maximum atomic E-state index is 3.06. The molecule has 6 aromatic rings. The van der Waals surface area contributed by atoms with Crippen LogP contribution in [-0.4, -0.2) is 6.88 Å². The van der Waals surface area contributed by atoms with Gasteiger partial charge in [-0.05, 0) is 11.1 Å². The number of benzene rings is 4. The molecular formula is C35H36Cl2SiZr-4. The molecule has 2 radical (unpaired) electrons. The summed E-state index contributed by atoms with van der Waals surface area (Å²) in [4.78, 5) is 0. The average Bonchev–Trinajstić information content (AvgIpc) is 3.44. The Bertz CT molecular complexity index is 1550. The summed E-state index contributed by atoms with van der Waals surface area (Å²) in [6.07, 6.45) is 0. The van der Waals surface area contributed by atoms with Crippen LogP contribution in [0.5, 0.6) is 0 Å². The van der Waals surface area contributed by atoms with Crippen molar-refractivity contribution < 1.29 is 23.3 Å². The number of hydrogen-bond acceptors (Lipinski definition) is 0. The second kappa shape index (κ2) is 17.5. The molecule has 6 rings (SSSR count). The topological polar surface area (TPSA) is 0 Å². The van der Waals surface area contributed by atoms with Gasteiger partial charge >= 0.3 is 30.2 Å². The summed E-state index contributed by atoms with van der Waals surface area (Å²) >= 11 is 1.36. The van der Waals surface area contributed by atoms with Crippen LogP contribution in [0.15, 0.2) is 115 Å². The van der Waals surface area contributed by atoms with Gasteiger partial charge in [-0.2, -0.15) is 11.6 Å². The van der Waals surface area contributed by atoms with Crippen LogP contribution in [0, 0.1) is 35.6 Å². The van der Waals surface area contributed by atoms with E-state index in [1.165, 1.54) is 83.8 Å². The van der Waals surface area contributed by atoms with Crippen molar-refractivity contribution in [2.75, 3.05) is 0 Å². The molecular weight excluding hydrogens is 611 g/mol. The maximum absolute atomic E-state index is 3.06. The Labute approximate surface area is 264 Å². The Morgan fingerprint density at radius 3 is 1.62 bits per heavy atom. The fourth-order valence-electron chi connectivity index (χ4n) is 4.76. The normalized spacial score (nSPS) is 9.28. The third kappa shape index (κ3) is 8.38. The van der Waals surface area contributed by atoms with E-state index in [-0.39, 0.29) is 39.7 Å². The first-order valence-electron chi connectivity index (χ1n) is 11.8. The molecule has 0 fully saturated rings. The molecule has 0 aliphatic heterocycles. The Kier molecular flexibility index (Phi) is 16.5. The van der Waals surface area contributed by atoms with Crippen molar-refractivity contribution in [1.82, 2.24) is 0 Å². The number of rotatable bonds is 2. The first-order valence-corrected chi connectivity index (χ1v) is 16.0. The number of halogens is 2. The predicted octanol–water partition coefficient (Wildman–Crippen LogP) is 10.7. The average molecular weight is 647 g/mol. The molecule has 0 spiro atoms. The van der Waals surface area contributed by atoms with E-state index in [9.17, 15) is 0 Å². The predicted molar refractivity (Wildman–Crippen MR) is 177 cm³/mol. The minimum absolute atomic E-state index is 0. The summed E-state index contributed by atoms with van der Waals surface area (Å²) in [7, 11) is 0. The molecule has 0 amide bonds. The van der Waals surface area contributed by atoms with Crippen LogP contribution in [0.1, 0.15) is 16.7 Å². The van der Waals surface area contributed by atoms with Crippen molar-refractivity contribution >= 4 is 53.2 Å². The van der Waals surface area contributed by atoms with Crippen molar-refractivity contribution in [2.45, 2.75) is 20.8 Å². The third-order valence-electron chi connectivity index (χ3n) is 6.50. The van der Waals surface area contributed by atoms with Gasteiger partial charge in [0, 0.05) is 0 Å². The molecule has 0 saturated carbocycles. The first kappa shape index (κ1) is 36.8. The molecule has 4 heteroatoms. The van der Waals surface area contributed by atoms with Crippen molar-refractivity contribution in [1.29, 1.82) is 0 Å². The second-order valence-corrected chi connectivity index (χ2v) is 8.80. The van der Waals surface area contributed by atoms with Gasteiger partial charge < -0.3 is 14.9 Å². The first-order chi connectivity index (χ1) is 17.1. The molecule has 202 valence electrons. The molecule has 6 aromatic carbocycles. The van der Waals surface area contributed by atoms with Crippen LogP contribution in [0.2, 0.25) is 0 Å². The van der Waals surface area contributed by atoms with E-state index >= 15 is 0 Å². The summed E-state index contributed by atoms with van der Waals surface area (Å²) in [6, 6.07) is 41.0. The molecule has 0 aliphatic rings. The van der Waals surface area contributed by atoms with E-state index < -0.39 is 0 Å². The van der Waals surface area contributed by atoms with Gasteiger partial charge in [-0.25, -0.2) is 0 Å². The van der Waals surface area contributed by atoms with Crippen LogP contribution in [-0.2, 0) is 23.3 Å². The molecule has 39 heavy (non-hydrogen) atoms. The van der Waals surface area contributed by atoms with E-state index in [1.807, 2.05) is 0 Å². The summed E-state index contributed by atoms with van der Waals surface area (Å²) in [5.41, 5.74) is 9.37. The quantitative estimate of drug-likeness (QED) is 0.130. The SMILES string of the molecule is Cc1[cH-]c2cccc(-c3ccccc3)c2c1C.Cc1cc2c(-c3ccccc3)cccc2[cH-]1.Cl.Cl.[CH3-].[CH3-].[Si]=[Zr]. The molecule has 0 atom stereocenters. The van der Waals surface area contributed by atoms with Crippen LogP contribution < -0.4 is 0 Å². The number of hydrogen-bond donors (Lipinski definition) is 0. The number of fused-ring (bicyclic) bond motifs is 2. The second-order valence-electron chi connectivity index (χ2n) is 8.80. The number of aryl methyl sites for hydroxylation is 3. The Morgan fingerprint density at radius 1 is 0.564 bits per heavy atom. The van der Waals surface area contributed by atoms with Crippen molar-refractivity contribution in [3.05, 3.63) is 147 Å². The summed E-state index contributed by atoms with van der Waals surface area (Å²) < 4.78 is 0. The monoisotopic (exact) mass is 644 g/mol. The summed E-state index contributed by atoms with van der Waals surface area (Å²) in [5, 5.41) is 5.43. The standard InChI is InChI=1S/C17H15.C16H13.2CH3.2ClH.Si.Zr/c1-12-11-15-9-6-10-16(17(15)13(12)2)14-7-4-3-5-8-14;1-12-10-14-8-5-9-15(16(14)11-12)13-6-3-2-4-7-13;;;;;;/h3-11H,1-2H3;2-11H,1H3;2*1H3;2*1H;;/q4*-1;;;;. The van der Waals surface area contributed by atoms with Crippen molar-refractivity contribution in [3.63, 3.8) is 0 Å². The van der Waals surface area contributed by atoms with Gasteiger partial charge in [0.2, 0.25) is 0 Å². The van der Waals surface area contributed by atoms with Gasteiger partial charge in [0.1, 0.15) is 0 Å². The van der Waals surface area contributed by atoms with Crippen LogP contribution in [0.3, 0.4) is 0 Å². The molecule has 0 nitrogen and oxygen atoms in total. The molecule has 0 aromatic heterocycles. The van der Waals surface area contributed by atoms with Gasteiger partial charge in [0.05, 0.1) is 0 Å². The van der Waals surface area contributed by atoms with E-state index in [1.54, 1.807) is 0 Å². The van der Waals surface area contributed by atoms with Gasteiger partial charge in [0.15, 0.2) is 0 Å². The third-order valence-corrected chi connectivity index (χ3v) is 6.50. The summed E-state index contributed by atoms with van der Waals surface area (Å²) in [6.45, 7) is 9.61. The summed E-state index contributed by atoms with van der Waals surface area (Å²) in [5.74, 6) is 0. The fourth-order valence-corrected chi connectivity index (χ4v) is 4.76. The fraction of sp³-hybridized carbons (Fsp3) is 0.0857. The van der Waals surface area contributed by atoms with Crippen molar-refractivity contribution in [3.8, 4) is 22.3 Å². The molecule has 0 saturated heterocycles. The van der Waals surface area contributed by atoms with Crippen LogP contribution >= 0.6 is 24.8 Å². The van der Waals surface area contributed by atoms with E-state index in [0.29, 0.717) is 0 Å². The molecule has 0 N–H and O–H groups in total. The molecule has 0 aliphatic carbocycles. The van der Waals surface area contributed by atoms with Gasteiger partial charge in [-0.3, -0.25) is 0 Å². The molecule has 0 unspecified atom stereocenters. The Hall–Kier alpha value is -2.22. The zero-order valence-corrected chi connectivity index (χ0v) is 28.4. The van der Waals surface area contributed by atoms with E-state index in [2.05, 4.69) is 143 Å². The van der Waals surface area contributed by atoms with Gasteiger partial charge in [-0.1, -0.05) is 105 Å². The van der Waals surface area contributed by atoms with Crippen LogP contribution in [0.25, 0.3) is 43.8 Å². The van der Waals surface area contributed by atoms with E-state index in [0.717, 1.165) is 0 Å². The minimum atomic E-state index is 0. The van der Waals surface area contributed by atoms with Crippen LogP contribution in [0.4, 0.5) is 0 Å². The Morgan fingerprint density at radius 2 is 1.05 bits per heavy atom. The molecule has 0 heterocycles. The van der Waals surface area contributed by atoms with Gasteiger partial charge in [0.25, 0.3) is 0 Å². The zero-order valence-electron chi connectivity index (χ0n) is 23.3.